The molecular formula is C21H27N3O2. The molecule has 0 saturated carbocycles. The number of rotatable bonds is 4. The van der Waals surface area contributed by atoms with Crippen LogP contribution in [0.4, 0.5) is 5.69 Å². The van der Waals surface area contributed by atoms with Gasteiger partial charge in [-0.1, -0.05) is 12.1 Å². The van der Waals surface area contributed by atoms with Gasteiger partial charge in [0.25, 0.3) is 0 Å². The van der Waals surface area contributed by atoms with E-state index in [0.29, 0.717) is 12.1 Å². The summed E-state index contributed by atoms with van der Waals surface area (Å²) in [6, 6.07) is 13.5. The number of nitrogens with one attached hydrogen (secondary N) is 1. The number of likely N-dealkylation sites (tertiary alicyclic amines) is 1. The average molecular weight is 353 g/mol. The fourth-order valence-electron chi connectivity index (χ4n) is 4.31. The van der Waals surface area contributed by atoms with E-state index in [9.17, 15) is 4.79 Å². The Bertz CT molecular complexity index is 735. The molecule has 2 aliphatic heterocycles. The molecule has 0 aliphatic carbocycles. The molecule has 5 nitrogen and oxygen atoms in total. The Kier molecular flexibility index (Phi) is 4.98. The molecule has 0 bridgehead atoms. The molecule has 2 aliphatic rings. The summed E-state index contributed by atoms with van der Waals surface area (Å²) in [7, 11) is 0. The second-order valence-corrected chi connectivity index (χ2v) is 7.43. The Labute approximate surface area is 155 Å². The lowest BCUT2D eigenvalue weighted by atomic mass is 10.0. The van der Waals surface area contributed by atoms with Crippen LogP contribution >= 0.6 is 0 Å². The predicted octanol–water partition coefficient (Wildman–Crippen LogP) is 3.13. The quantitative estimate of drug-likeness (QED) is 0.917. The molecule has 1 atom stereocenters. The number of benzene rings is 1. The Morgan fingerprint density at radius 2 is 1.96 bits per heavy atom. The summed E-state index contributed by atoms with van der Waals surface area (Å²) in [4.78, 5) is 16.3. The SMILES string of the molecule is CC(=O)NC1CCN(C2CCN(c3cccc(-c4ccco4)c3)CC2)C1. The maximum absolute atomic E-state index is 11.3. The van der Waals surface area contributed by atoms with Crippen LogP contribution in [0.3, 0.4) is 0 Å². The fraction of sp³-hybridized carbons (Fsp3) is 0.476. The average Bonchev–Trinajstić information content (AvgIpc) is 3.34. The molecule has 1 aromatic carbocycles. The smallest absolute Gasteiger partial charge is 0.217 e. The lowest BCUT2D eigenvalue weighted by Crippen LogP contribution is -2.45. The standard InChI is InChI=1S/C21H27N3O2/c1-16(25)22-18-7-10-24(15-18)19-8-11-23(12-9-19)20-5-2-4-17(14-20)21-6-3-13-26-21/h2-6,13-14,18-19H,7-12,15H2,1H3,(H,22,25). The minimum Gasteiger partial charge on any atom is -0.464 e. The van der Waals surface area contributed by atoms with Crippen LogP contribution in [0.15, 0.2) is 47.1 Å². The first-order chi connectivity index (χ1) is 12.7. The number of furan rings is 1. The molecule has 0 radical (unpaired) electrons. The third-order valence-electron chi connectivity index (χ3n) is 5.62. The summed E-state index contributed by atoms with van der Waals surface area (Å²) in [6.07, 6.45) is 5.15. The van der Waals surface area contributed by atoms with Gasteiger partial charge in [-0.3, -0.25) is 9.69 Å². The van der Waals surface area contributed by atoms with Crippen molar-refractivity contribution in [1.82, 2.24) is 10.2 Å². The van der Waals surface area contributed by atoms with Crippen molar-refractivity contribution in [1.29, 1.82) is 0 Å². The van der Waals surface area contributed by atoms with E-state index >= 15 is 0 Å². The van der Waals surface area contributed by atoms with E-state index in [0.717, 1.165) is 43.9 Å². The van der Waals surface area contributed by atoms with Crippen LogP contribution in [0.2, 0.25) is 0 Å². The first kappa shape index (κ1) is 17.2. The minimum absolute atomic E-state index is 0.0862. The van der Waals surface area contributed by atoms with Gasteiger partial charge in [0.1, 0.15) is 5.76 Å². The Balaban J connectivity index is 1.34. The Hall–Kier alpha value is -2.27. The third kappa shape index (κ3) is 3.78. The van der Waals surface area contributed by atoms with Gasteiger partial charge in [0.15, 0.2) is 0 Å². The second kappa shape index (κ2) is 7.54. The van der Waals surface area contributed by atoms with E-state index in [2.05, 4.69) is 39.4 Å². The maximum atomic E-state index is 11.3. The summed E-state index contributed by atoms with van der Waals surface area (Å²) in [5.74, 6) is 1.01. The Morgan fingerprint density at radius 1 is 1.12 bits per heavy atom. The molecule has 2 aromatic rings. The van der Waals surface area contributed by atoms with Gasteiger partial charge in [-0.05, 0) is 43.5 Å². The van der Waals surface area contributed by atoms with Crippen molar-refractivity contribution in [2.75, 3.05) is 31.1 Å². The number of anilines is 1. The van der Waals surface area contributed by atoms with Crippen molar-refractivity contribution >= 4 is 11.6 Å². The maximum Gasteiger partial charge on any atom is 0.217 e. The number of carbonyl (C=O) groups is 1. The van der Waals surface area contributed by atoms with E-state index in [-0.39, 0.29) is 5.91 Å². The molecule has 3 heterocycles. The number of amides is 1. The van der Waals surface area contributed by atoms with Gasteiger partial charge in [0.05, 0.1) is 6.26 Å². The number of carbonyl (C=O) groups excluding carboxylic acids is 1. The van der Waals surface area contributed by atoms with Crippen LogP contribution < -0.4 is 10.2 Å². The van der Waals surface area contributed by atoms with E-state index in [4.69, 9.17) is 4.42 Å². The van der Waals surface area contributed by atoms with Crippen molar-refractivity contribution in [2.45, 2.75) is 38.3 Å². The number of piperidine rings is 1. The first-order valence-corrected chi connectivity index (χ1v) is 9.59. The van der Waals surface area contributed by atoms with Crippen molar-refractivity contribution < 1.29 is 9.21 Å². The van der Waals surface area contributed by atoms with Crippen LogP contribution in [0, 0.1) is 0 Å². The molecular weight excluding hydrogens is 326 g/mol. The highest BCUT2D eigenvalue weighted by Crippen LogP contribution is 2.28. The van der Waals surface area contributed by atoms with Crippen molar-refractivity contribution in [3.05, 3.63) is 42.7 Å². The van der Waals surface area contributed by atoms with Gasteiger partial charge >= 0.3 is 0 Å². The highest BCUT2D eigenvalue weighted by atomic mass is 16.3. The van der Waals surface area contributed by atoms with E-state index < -0.39 is 0 Å². The first-order valence-electron chi connectivity index (χ1n) is 9.59. The summed E-state index contributed by atoms with van der Waals surface area (Å²) < 4.78 is 5.53. The van der Waals surface area contributed by atoms with E-state index in [1.54, 1.807) is 13.2 Å². The molecule has 26 heavy (non-hydrogen) atoms. The normalized spacial score (nSPS) is 21.9. The van der Waals surface area contributed by atoms with Crippen LogP contribution in [0.1, 0.15) is 26.2 Å². The largest absolute Gasteiger partial charge is 0.464 e. The van der Waals surface area contributed by atoms with E-state index in [1.807, 2.05) is 12.1 Å². The molecule has 1 N–H and O–H groups in total. The summed E-state index contributed by atoms with van der Waals surface area (Å²) in [5.41, 5.74) is 2.40. The third-order valence-corrected chi connectivity index (χ3v) is 5.62. The highest BCUT2D eigenvalue weighted by molar-refractivity contribution is 5.73. The molecule has 2 saturated heterocycles. The van der Waals surface area contributed by atoms with Gasteiger partial charge in [-0.2, -0.15) is 0 Å². The molecule has 0 spiro atoms. The van der Waals surface area contributed by atoms with Crippen LogP contribution in [-0.2, 0) is 4.79 Å². The fourth-order valence-corrected chi connectivity index (χ4v) is 4.31. The zero-order chi connectivity index (χ0) is 17.9. The molecule has 1 unspecified atom stereocenters. The molecule has 138 valence electrons. The van der Waals surface area contributed by atoms with Gasteiger partial charge in [-0.25, -0.2) is 0 Å². The van der Waals surface area contributed by atoms with Crippen LogP contribution in [-0.4, -0.2) is 49.1 Å². The zero-order valence-corrected chi connectivity index (χ0v) is 15.4. The van der Waals surface area contributed by atoms with Gasteiger partial charge in [0.2, 0.25) is 5.91 Å². The monoisotopic (exact) mass is 353 g/mol. The predicted molar refractivity (Wildman–Crippen MR) is 103 cm³/mol. The lowest BCUT2D eigenvalue weighted by Gasteiger charge is -2.38. The summed E-state index contributed by atoms with van der Waals surface area (Å²) in [6.45, 7) is 5.86. The topological polar surface area (TPSA) is 48.7 Å². The highest BCUT2D eigenvalue weighted by Gasteiger charge is 2.31. The summed E-state index contributed by atoms with van der Waals surface area (Å²) in [5, 5.41) is 3.07. The van der Waals surface area contributed by atoms with Gasteiger partial charge in [0, 0.05) is 56.4 Å². The minimum atomic E-state index is 0.0862. The van der Waals surface area contributed by atoms with E-state index in [1.165, 1.54) is 18.5 Å². The number of nitrogens with zero attached hydrogens (tertiary/aromatic N) is 2. The molecule has 1 amide bonds. The van der Waals surface area contributed by atoms with Crippen LogP contribution in [0.25, 0.3) is 11.3 Å². The van der Waals surface area contributed by atoms with Crippen molar-refractivity contribution in [2.24, 2.45) is 0 Å². The van der Waals surface area contributed by atoms with Gasteiger partial charge < -0.3 is 14.6 Å². The lowest BCUT2D eigenvalue weighted by molar-refractivity contribution is -0.119. The molecule has 1 aromatic heterocycles. The molecule has 2 fully saturated rings. The van der Waals surface area contributed by atoms with Crippen molar-refractivity contribution in [3.63, 3.8) is 0 Å². The molecule has 5 heteroatoms. The zero-order valence-electron chi connectivity index (χ0n) is 15.4. The van der Waals surface area contributed by atoms with Crippen molar-refractivity contribution in [3.8, 4) is 11.3 Å². The Morgan fingerprint density at radius 3 is 2.69 bits per heavy atom. The number of hydrogen-bond acceptors (Lipinski definition) is 4. The van der Waals surface area contributed by atoms with Crippen LogP contribution in [0.5, 0.6) is 0 Å². The van der Waals surface area contributed by atoms with Gasteiger partial charge in [-0.15, -0.1) is 0 Å². The summed E-state index contributed by atoms with van der Waals surface area (Å²) >= 11 is 0. The number of hydrogen-bond donors (Lipinski definition) is 1. The molecule has 4 rings (SSSR count). The second-order valence-electron chi connectivity index (χ2n) is 7.43.